The molecule has 0 fully saturated rings. The molecule has 6 heteroatoms. The highest BCUT2D eigenvalue weighted by molar-refractivity contribution is 6.01. The second-order valence-electron chi connectivity index (χ2n) is 4.78. The lowest BCUT2D eigenvalue weighted by Gasteiger charge is -2.10. The molecule has 0 aliphatic rings. The highest BCUT2D eigenvalue weighted by Crippen LogP contribution is 2.15. The summed E-state index contributed by atoms with van der Waals surface area (Å²) in [6.07, 6.45) is 0. The van der Waals surface area contributed by atoms with Gasteiger partial charge in [0, 0.05) is 12.1 Å². The lowest BCUT2D eigenvalue weighted by molar-refractivity contribution is -0.115. The number of carbonyl (C=O) groups excluding carboxylic acids is 2. The summed E-state index contributed by atoms with van der Waals surface area (Å²) in [5.74, 6) is -1.19. The molecule has 0 atom stereocenters. The number of methoxy groups -OCH3 is 1. The fourth-order valence-corrected chi connectivity index (χ4v) is 2.03. The van der Waals surface area contributed by atoms with Crippen LogP contribution in [0.2, 0.25) is 0 Å². The van der Waals surface area contributed by atoms with E-state index >= 15 is 0 Å². The summed E-state index contributed by atoms with van der Waals surface area (Å²) in [7, 11) is 1.27. The van der Waals surface area contributed by atoms with E-state index in [2.05, 4.69) is 15.4 Å². The minimum absolute atomic E-state index is 0.0101. The van der Waals surface area contributed by atoms with Crippen molar-refractivity contribution in [2.45, 2.75) is 6.54 Å². The number of hydrogen-bond acceptors (Lipinski definition) is 4. The van der Waals surface area contributed by atoms with Gasteiger partial charge in [0.2, 0.25) is 5.91 Å². The van der Waals surface area contributed by atoms with Crippen LogP contribution in [-0.2, 0) is 16.1 Å². The zero-order valence-electron chi connectivity index (χ0n) is 12.6. The van der Waals surface area contributed by atoms with E-state index in [9.17, 15) is 14.0 Å². The third kappa shape index (κ3) is 4.62. The number of nitrogens with one attached hydrogen (secondary N) is 2. The van der Waals surface area contributed by atoms with Crippen LogP contribution in [0.5, 0.6) is 0 Å². The molecular formula is C17H17FN2O3. The largest absolute Gasteiger partial charge is 0.465 e. The van der Waals surface area contributed by atoms with Crippen LogP contribution in [0.4, 0.5) is 10.1 Å². The van der Waals surface area contributed by atoms with Crippen molar-refractivity contribution in [2.75, 3.05) is 19.0 Å². The van der Waals surface area contributed by atoms with E-state index in [0.29, 0.717) is 11.3 Å². The van der Waals surface area contributed by atoms with Gasteiger partial charge in [0.15, 0.2) is 0 Å². The molecule has 2 rings (SSSR count). The second-order valence-corrected chi connectivity index (χ2v) is 4.78. The molecular weight excluding hydrogens is 299 g/mol. The smallest absolute Gasteiger partial charge is 0.339 e. The molecule has 0 spiro atoms. The maximum Gasteiger partial charge on any atom is 0.339 e. The Morgan fingerprint density at radius 1 is 1.09 bits per heavy atom. The molecule has 23 heavy (non-hydrogen) atoms. The number of para-hydroxylation sites is 1. The predicted octanol–water partition coefficient (Wildman–Crippen LogP) is 2.34. The standard InChI is InChI=1S/C17H17FN2O3/c1-23-17(22)13-7-3-5-9-15(13)20-16(21)11-19-10-12-6-2-4-8-14(12)18/h2-9,19H,10-11H2,1H3,(H,20,21). The molecule has 2 aromatic rings. The van der Waals surface area contributed by atoms with Gasteiger partial charge < -0.3 is 15.4 Å². The quantitative estimate of drug-likeness (QED) is 0.803. The SMILES string of the molecule is COC(=O)c1ccccc1NC(=O)CNCc1ccccc1F. The first-order valence-electron chi connectivity index (χ1n) is 7.03. The van der Waals surface area contributed by atoms with Gasteiger partial charge in [-0.15, -0.1) is 0 Å². The molecule has 0 aliphatic heterocycles. The van der Waals surface area contributed by atoms with Crippen LogP contribution >= 0.6 is 0 Å². The van der Waals surface area contributed by atoms with Crippen molar-refractivity contribution in [3.8, 4) is 0 Å². The lowest BCUT2D eigenvalue weighted by Crippen LogP contribution is -2.28. The number of esters is 1. The van der Waals surface area contributed by atoms with Crippen LogP contribution in [0, 0.1) is 5.82 Å². The molecule has 0 saturated heterocycles. The molecule has 0 heterocycles. The first kappa shape index (κ1) is 16.6. The topological polar surface area (TPSA) is 67.4 Å². The summed E-state index contributed by atoms with van der Waals surface area (Å²) in [6.45, 7) is 0.225. The van der Waals surface area contributed by atoms with E-state index in [1.54, 1.807) is 42.5 Å². The van der Waals surface area contributed by atoms with Gasteiger partial charge in [-0.3, -0.25) is 4.79 Å². The minimum Gasteiger partial charge on any atom is -0.465 e. The summed E-state index contributed by atoms with van der Waals surface area (Å²) in [4.78, 5) is 23.6. The Kier molecular flexibility index (Phi) is 5.82. The molecule has 120 valence electrons. The average Bonchev–Trinajstić information content (AvgIpc) is 2.56. The first-order valence-corrected chi connectivity index (χ1v) is 7.03. The molecule has 0 saturated carbocycles. The molecule has 2 N–H and O–H groups in total. The summed E-state index contributed by atoms with van der Waals surface area (Å²) < 4.78 is 18.1. The van der Waals surface area contributed by atoms with Crippen molar-refractivity contribution in [3.63, 3.8) is 0 Å². The van der Waals surface area contributed by atoms with E-state index in [0.717, 1.165) is 0 Å². The third-order valence-electron chi connectivity index (χ3n) is 3.17. The number of amides is 1. The average molecular weight is 316 g/mol. The molecule has 5 nitrogen and oxygen atoms in total. The molecule has 0 unspecified atom stereocenters. The Balaban J connectivity index is 1.91. The van der Waals surface area contributed by atoms with Crippen LogP contribution in [0.1, 0.15) is 15.9 Å². The molecule has 0 aliphatic carbocycles. The van der Waals surface area contributed by atoms with Gasteiger partial charge in [-0.1, -0.05) is 30.3 Å². The Hall–Kier alpha value is -2.73. The number of ether oxygens (including phenoxy) is 1. The molecule has 0 bridgehead atoms. The van der Waals surface area contributed by atoms with E-state index in [1.807, 2.05) is 0 Å². The number of hydrogen-bond donors (Lipinski definition) is 2. The number of anilines is 1. The van der Waals surface area contributed by atoms with Crippen molar-refractivity contribution >= 4 is 17.6 Å². The van der Waals surface area contributed by atoms with Gasteiger partial charge in [-0.05, 0) is 18.2 Å². The van der Waals surface area contributed by atoms with Gasteiger partial charge >= 0.3 is 5.97 Å². The van der Waals surface area contributed by atoms with Crippen LogP contribution in [0.25, 0.3) is 0 Å². The second kappa shape index (κ2) is 8.05. The minimum atomic E-state index is -0.528. The van der Waals surface area contributed by atoms with Crippen LogP contribution in [0.15, 0.2) is 48.5 Å². The maximum atomic E-state index is 13.4. The number of benzene rings is 2. The van der Waals surface area contributed by atoms with E-state index in [4.69, 9.17) is 0 Å². The van der Waals surface area contributed by atoms with Gasteiger partial charge in [0.05, 0.1) is 24.9 Å². The van der Waals surface area contributed by atoms with Crippen molar-refractivity contribution in [1.82, 2.24) is 5.32 Å². The van der Waals surface area contributed by atoms with Crippen molar-refractivity contribution in [3.05, 3.63) is 65.5 Å². The highest BCUT2D eigenvalue weighted by atomic mass is 19.1. The zero-order chi connectivity index (χ0) is 16.7. The Bertz CT molecular complexity index is 704. The monoisotopic (exact) mass is 316 g/mol. The van der Waals surface area contributed by atoms with Crippen LogP contribution in [0.3, 0.4) is 0 Å². The van der Waals surface area contributed by atoms with E-state index < -0.39 is 5.97 Å². The molecule has 2 aromatic carbocycles. The summed E-state index contributed by atoms with van der Waals surface area (Å²) >= 11 is 0. The van der Waals surface area contributed by atoms with Crippen molar-refractivity contribution < 1.29 is 18.7 Å². The number of carbonyl (C=O) groups is 2. The van der Waals surface area contributed by atoms with Crippen LogP contribution in [-0.4, -0.2) is 25.5 Å². The van der Waals surface area contributed by atoms with Crippen molar-refractivity contribution in [1.29, 1.82) is 0 Å². The van der Waals surface area contributed by atoms with E-state index in [-0.39, 0.29) is 30.4 Å². The number of halogens is 1. The molecule has 1 amide bonds. The maximum absolute atomic E-state index is 13.4. The number of rotatable bonds is 6. The Morgan fingerprint density at radius 2 is 1.78 bits per heavy atom. The van der Waals surface area contributed by atoms with Gasteiger partial charge in [-0.2, -0.15) is 0 Å². The predicted molar refractivity (Wildman–Crippen MR) is 84.5 cm³/mol. The Morgan fingerprint density at radius 3 is 2.52 bits per heavy atom. The lowest BCUT2D eigenvalue weighted by atomic mass is 10.2. The third-order valence-corrected chi connectivity index (χ3v) is 3.17. The van der Waals surface area contributed by atoms with Gasteiger partial charge in [0.1, 0.15) is 5.82 Å². The van der Waals surface area contributed by atoms with Gasteiger partial charge in [-0.25, -0.2) is 9.18 Å². The van der Waals surface area contributed by atoms with E-state index in [1.165, 1.54) is 13.2 Å². The molecule has 0 radical (unpaired) electrons. The normalized spacial score (nSPS) is 10.2. The summed E-state index contributed by atoms with van der Waals surface area (Å²) in [5.41, 5.74) is 1.13. The van der Waals surface area contributed by atoms with Crippen molar-refractivity contribution in [2.24, 2.45) is 0 Å². The summed E-state index contributed by atoms with van der Waals surface area (Å²) in [5, 5.41) is 5.49. The summed E-state index contributed by atoms with van der Waals surface area (Å²) in [6, 6.07) is 12.9. The Labute approximate surface area is 133 Å². The van der Waals surface area contributed by atoms with Gasteiger partial charge in [0.25, 0.3) is 0 Å². The fraction of sp³-hybridized carbons (Fsp3) is 0.176. The van der Waals surface area contributed by atoms with Crippen LogP contribution < -0.4 is 10.6 Å². The fourth-order valence-electron chi connectivity index (χ4n) is 2.03. The molecule has 0 aromatic heterocycles. The highest BCUT2D eigenvalue weighted by Gasteiger charge is 2.13. The zero-order valence-corrected chi connectivity index (χ0v) is 12.6. The first-order chi connectivity index (χ1) is 11.1.